The summed E-state index contributed by atoms with van der Waals surface area (Å²) >= 11 is 0. The Bertz CT molecular complexity index is 1120. The lowest BCUT2D eigenvalue weighted by molar-refractivity contribution is -0.111. The van der Waals surface area contributed by atoms with E-state index in [-0.39, 0.29) is 24.3 Å². The summed E-state index contributed by atoms with van der Waals surface area (Å²) in [6.07, 6.45) is 2.16. The number of amides is 1. The highest BCUT2D eigenvalue weighted by Gasteiger charge is 2.18. The minimum atomic E-state index is -0.741. The predicted octanol–water partition coefficient (Wildman–Crippen LogP) is 3.98. The molecule has 1 aromatic heterocycles. The highest BCUT2D eigenvalue weighted by Crippen LogP contribution is 2.25. The first-order chi connectivity index (χ1) is 15.3. The van der Waals surface area contributed by atoms with Gasteiger partial charge in [0, 0.05) is 17.8 Å². The molecule has 0 fully saturated rings. The number of anilines is 5. The monoisotopic (exact) mass is 435 g/mol. The van der Waals surface area contributed by atoms with Gasteiger partial charge in [0.05, 0.1) is 24.2 Å². The molecule has 0 radical (unpaired) electrons. The van der Waals surface area contributed by atoms with Gasteiger partial charge in [-0.15, -0.1) is 0 Å². The number of halogens is 1. The van der Waals surface area contributed by atoms with Gasteiger partial charge in [-0.1, -0.05) is 18.7 Å². The molecule has 0 saturated carbocycles. The topological polar surface area (TPSA) is 108 Å². The van der Waals surface area contributed by atoms with Crippen molar-refractivity contribution in [3.63, 3.8) is 0 Å². The first-order valence-corrected chi connectivity index (χ1v) is 9.61. The van der Waals surface area contributed by atoms with Crippen LogP contribution >= 0.6 is 0 Å². The molecule has 0 spiro atoms. The number of rotatable bonds is 9. The fourth-order valence-electron chi connectivity index (χ4n) is 2.52. The third-order valence-electron chi connectivity index (χ3n) is 4.05. The van der Waals surface area contributed by atoms with Crippen molar-refractivity contribution in [2.75, 3.05) is 22.6 Å². The lowest BCUT2D eigenvalue weighted by atomic mass is 10.1. The molecule has 9 heteroatoms. The van der Waals surface area contributed by atoms with Crippen molar-refractivity contribution in [1.29, 1.82) is 0 Å². The number of benzene rings is 1. The first-order valence-electron chi connectivity index (χ1n) is 9.61. The Morgan fingerprint density at radius 3 is 2.88 bits per heavy atom. The number of aliphatic hydroxyl groups is 1. The molecular formula is C23H22FN5O3. The fraction of sp³-hybridized carbons (Fsp3) is 0.174. The number of nitrogens with zero attached hydrogens (tertiary/aromatic N) is 2. The minimum Gasteiger partial charge on any atom is -0.485 e. The van der Waals surface area contributed by atoms with E-state index in [1.54, 1.807) is 44.2 Å². The second-order valence-electron chi connectivity index (χ2n) is 7.31. The van der Waals surface area contributed by atoms with Gasteiger partial charge in [0.25, 0.3) is 0 Å². The number of carbonyl (C=O) groups excluding carboxylic acids is 1. The fourth-order valence-corrected chi connectivity index (χ4v) is 2.52. The van der Waals surface area contributed by atoms with E-state index in [4.69, 9.17) is 4.74 Å². The molecular weight excluding hydrogens is 413 g/mol. The molecule has 2 aromatic carbocycles. The van der Waals surface area contributed by atoms with E-state index in [9.17, 15) is 14.3 Å². The molecule has 32 heavy (non-hydrogen) atoms. The molecule has 164 valence electrons. The van der Waals surface area contributed by atoms with E-state index in [0.717, 1.165) is 12.3 Å². The Labute approximate surface area is 185 Å². The van der Waals surface area contributed by atoms with Crippen LogP contribution in [0.2, 0.25) is 0 Å². The molecule has 0 bridgehead atoms. The molecule has 0 unspecified atom stereocenters. The minimum absolute atomic E-state index is 0.0897. The molecule has 0 aliphatic carbocycles. The van der Waals surface area contributed by atoms with Crippen LogP contribution < -0.4 is 20.7 Å². The Kier molecular flexibility index (Phi) is 6.87. The molecule has 0 saturated heterocycles. The standard InChI is InChI=1S/C23H22FN5O3/c1-4-20(31)26-15-7-5-8-16(11-15)27-21-19(24)13-25-22(29-21)28-17-9-6-10-18(12-17)32-23(2,3)14-30/h4,6-7,9-13,30H,1,14H2,2-3H3,(H,26,31)(H2,25,27,28,29). The maximum Gasteiger partial charge on any atom is 0.247 e. The Morgan fingerprint density at radius 2 is 2.12 bits per heavy atom. The summed E-state index contributed by atoms with van der Waals surface area (Å²) in [6, 6.07) is 15.6. The molecule has 4 N–H and O–H groups in total. The van der Waals surface area contributed by atoms with Crippen LogP contribution in [0.1, 0.15) is 13.8 Å². The second-order valence-corrected chi connectivity index (χ2v) is 7.31. The lowest BCUT2D eigenvalue weighted by Gasteiger charge is -2.24. The van der Waals surface area contributed by atoms with Gasteiger partial charge in [-0.25, -0.2) is 9.37 Å². The third kappa shape index (κ3) is 6.17. The van der Waals surface area contributed by atoms with Gasteiger partial charge >= 0.3 is 0 Å². The van der Waals surface area contributed by atoms with Gasteiger partial charge < -0.3 is 25.8 Å². The zero-order valence-corrected chi connectivity index (χ0v) is 17.6. The van der Waals surface area contributed by atoms with Crippen molar-refractivity contribution >= 4 is 34.7 Å². The van der Waals surface area contributed by atoms with E-state index >= 15 is 0 Å². The smallest absolute Gasteiger partial charge is 0.247 e. The van der Waals surface area contributed by atoms with Crippen molar-refractivity contribution in [1.82, 2.24) is 9.97 Å². The predicted molar refractivity (Wildman–Crippen MR) is 120 cm³/mol. The van der Waals surface area contributed by atoms with Gasteiger partial charge in [0.1, 0.15) is 11.4 Å². The van der Waals surface area contributed by atoms with Gasteiger partial charge in [-0.05, 0) is 44.2 Å². The average molecular weight is 435 g/mol. The van der Waals surface area contributed by atoms with Crippen LogP contribution in [0, 0.1) is 17.9 Å². The highest BCUT2D eigenvalue weighted by atomic mass is 19.1. The van der Waals surface area contributed by atoms with Gasteiger partial charge in [-0.2, -0.15) is 4.98 Å². The van der Waals surface area contributed by atoms with E-state index in [2.05, 4.69) is 44.6 Å². The van der Waals surface area contributed by atoms with Crippen LogP contribution in [-0.2, 0) is 4.79 Å². The first kappa shape index (κ1) is 22.5. The molecule has 1 amide bonds. The normalized spacial score (nSPS) is 10.6. The van der Waals surface area contributed by atoms with E-state index in [0.29, 0.717) is 22.8 Å². The third-order valence-corrected chi connectivity index (χ3v) is 4.05. The number of hydrogen-bond acceptors (Lipinski definition) is 7. The zero-order valence-electron chi connectivity index (χ0n) is 17.6. The zero-order chi connectivity index (χ0) is 23.1. The number of aromatic nitrogens is 2. The van der Waals surface area contributed by atoms with Crippen molar-refractivity contribution in [2.45, 2.75) is 19.4 Å². The summed E-state index contributed by atoms with van der Waals surface area (Å²) in [5.74, 6) is -0.464. The van der Waals surface area contributed by atoms with Crippen LogP contribution in [0.15, 0.2) is 55.3 Å². The number of hydrogen-bond donors (Lipinski definition) is 4. The van der Waals surface area contributed by atoms with Gasteiger partial charge in [-0.3, -0.25) is 4.79 Å². The van der Waals surface area contributed by atoms with Crippen molar-refractivity contribution in [3.05, 3.63) is 73.2 Å². The Balaban J connectivity index is 1.76. The number of nitrogens with one attached hydrogen (secondary N) is 3. The molecule has 8 nitrogen and oxygen atoms in total. The Hall–Kier alpha value is -4.16. The van der Waals surface area contributed by atoms with E-state index < -0.39 is 11.4 Å². The number of carbonyl (C=O) groups is 1. The molecule has 0 atom stereocenters. The summed E-state index contributed by atoms with van der Waals surface area (Å²) in [5.41, 5.74) is 0.654. The van der Waals surface area contributed by atoms with Crippen LogP contribution in [0.25, 0.3) is 0 Å². The summed E-state index contributed by atoms with van der Waals surface area (Å²) in [4.78, 5) is 19.6. The summed E-state index contributed by atoms with van der Waals surface area (Å²) in [5, 5.41) is 17.8. The van der Waals surface area contributed by atoms with E-state index in [1.165, 1.54) is 6.07 Å². The summed E-state index contributed by atoms with van der Waals surface area (Å²) in [7, 11) is 0. The van der Waals surface area contributed by atoms with Crippen LogP contribution in [0.4, 0.5) is 33.2 Å². The molecule has 3 rings (SSSR count). The Morgan fingerprint density at radius 1 is 1.31 bits per heavy atom. The lowest BCUT2D eigenvalue weighted by Crippen LogP contribution is -2.32. The van der Waals surface area contributed by atoms with Crippen LogP contribution in [0.3, 0.4) is 0 Å². The second kappa shape index (κ2) is 9.76. The largest absolute Gasteiger partial charge is 0.485 e. The summed E-state index contributed by atoms with van der Waals surface area (Å²) in [6.45, 7) is 6.77. The average Bonchev–Trinajstić information content (AvgIpc) is 2.76. The van der Waals surface area contributed by atoms with Crippen molar-refractivity contribution in [3.8, 4) is 5.75 Å². The van der Waals surface area contributed by atoms with Crippen molar-refractivity contribution in [2.24, 2.45) is 0 Å². The van der Waals surface area contributed by atoms with Gasteiger partial charge in [0.15, 0.2) is 11.6 Å². The van der Waals surface area contributed by atoms with E-state index in [1.807, 2.05) is 0 Å². The number of aliphatic hydroxyl groups excluding tert-OH is 1. The maximum atomic E-state index is 14.3. The molecule has 0 aliphatic rings. The SMILES string of the molecule is C=CC(=O)Nc1cc#cc(Nc2nc(Nc3cccc(OC(C)(C)CO)c3)ncc2F)c1. The van der Waals surface area contributed by atoms with Crippen molar-refractivity contribution < 1.29 is 19.0 Å². The maximum absolute atomic E-state index is 14.3. The molecule has 3 aromatic rings. The molecule has 1 heterocycles. The summed E-state index contributed by atoms with van der Waals surface area (Å²) < 4.78 is 20.0. The quantitative estimate of drug-likeness (QED) is 0.377. The van der Waals surface area contributed by atoms with Crippen LogP contribution in [-0.4, -0.2) is 33.2 Å². The van der Waals surface area contributed by atoms with Gasteiger partial charge in [0.2, 0.25) is 11.9 Å². The van der Waals surface area contributed by atoms with Crippen LogP contribution in [0.5, 0.6) is 5.75 Å². The highest BCUT2D eigenvalue weighted by molar-refractivity contribution is 5.99. The molecule has 0 aliphatic heterocycles. The number of ether oxygens (including phenoxy) is 1.